The maximum Gasteiger partial charge on any atom is 0.290 e. The Kier molecular flexibility index (Phi) is 8.09. The lowest BCUT2D eigenvalue weighted by atomic mass is 10.0. The van der Waals surface area contributed by atoms with Gasteiger partial charge in [-0.2, -0.15) is 0 Å². The number of nitrogens with one attached hydrogen (secondary N) is 1. The van der Waals surface area contributed by atoms with Gasteiger partial charge in [-0.15, -0.1) is 0 Å². The van der Waals surface area contributed by atoms with Gasteiger partial charge in [-0.3, -0.25) is 19.2 Å². The highest BCUT2D eigenvalue weighted by molar-refractivity contribution is 6.36. The van der Waals surface area contributed by atoms with Crippen molar-refractivity contribution in [2.45, 2.75) is 39.8 Å². The van der Waals surface area contributed by atoms with Crippen LogP contribution in [0.5, 0.6) is 11.5 Å². The SMILES string of the molecule is CC[C@@H](C)C(=O)C(=O)N1CCc2c(C(=O)NCc3cccc(OC)c3)c(OC)cc(=O)n2CC1. The number of ether oxygens (including phenoxy) is 2. The molecule has 0 unspecified atom stereocenters. The fraction of sp³-hybridized carbons (Fsp3) is 0.440. The van der Waals surface area contributed by atoms with Crippen LogP contribution in [0.4, 0.5) is 0 Å². The molecule has 2 aromatic rings. The minimum atomic E-state index is -0.550. The highest BCUT2D eigenvalue weighted by atomic mass is 16.5. The summed E-state index contributed by atoms with van der Waals surface area (Å²) >= 11 is 0. The van der Waals surface area contributed by atoms with Crippen molar-refractivity contribution in [3.8, 4) is 11.5 Å². The van der Waals surface area contributed by atoms with Gasteiger partial charge in [-0.05, 0) is 24.1 Å². The molecule has 182 valence electrons. The Morgan fingerprint density at radius 3 is 2.53 bits per heavy atom. The molecule has 0 bridgehead atoms. The Balaban J connectivity index is 1.86. The molecular weight excluding hydrogens is 438 g/mol. The number of hydrogen-bond acceptors (Lipinski definition) is 6. The number of carbonyl (C=O) groups is 3. The van der Waals surface area contributed by atoms with E-state index in [0.717, 1.165) is 5.56 Å². The molecule has 0 saturated carbocycles. The van der Waals surface area contributed by atoms with Crippen LogP contribution in [0.25, 0.3) is 0 Å². The highest BCUT2D eigenvalue weighted by Gasteiger charge is 2.30. The first-order valence-electron chi connectivity index (χ1n) is 11.4. The number of rotatable bonds is 8. The maximum atomic E-state index is 13.2. The average Bonchev–Trinajstić information content (AvgIpc) is 3.09. The van der Waals surface area contributed by atoms with Gasteiger partial charge in [0.25, 0.3) is 17.4 Å². The number of nitrogens with zero attached hydrogens (tertiary/aromatic N) is 2. The third-order valence-corrected chi connectivity index (χ3v) is 6.19. The lowest BCUT2D eigenvalue weighted by molar-refractivity contribution is -0.146. The van der Waals surface area contributed by atoms with E-state index in [2.05, 4.69) is 5.32 Å². The number of benzene rings is 1. The van der Waals surface area contributed by atoms with Crippen LogP contribution in [0.2, 0.25) is 0 Å². The molecule has 34 heavy (non-hydrogen) atoms. The van der Waals surface area contributed by atoms with Crippen molar-refractivity contribution in [3.63, 3.8) is 0 Å². The fourth-order valence-electron chi connectivity index (χ4n) is 3.96. The van der Waals surface area contributed by atoms with Gasteiger partial charge in [-0.1, -0.05) is 26.0 Å². The molecule has 9 nitrogen and oxygen atoms in total. The van der Waals surface area contributed by atoms with Crippen molar-refractivity contribution in [1.29, 1.82) is 0 Å². The second-order valence-corrected chi connectivity index (χ2v) is 8.27. The number of pyridine rings is 1. The van der Waals surface area contributed by atoms with E-state index in [1.54, 1.807) is 14.0 Å². The number of amides is 2. The van der Waals surface area contributed by atoms with E-state index < -0.39 is 11.7 Å². The second-order valence-electron chi connectivity index (χ2n) is 8.27. The second kappa shape index (κ2) is 11.0. The molecule has 9 heteroatoms. The fourth-order valence-corrected chi connectivity index (χ4v) is 3.96. The topological polar surface area (TPSA) is 107 Å². The number of aromatic nitrogens is 1. The van der Waals surface area contributed by atoms with E-state index in [4.69, 9.17) is 9.47 Å². The zero-order chi connectivity index (χ0) is 24.8. The molecule has 0 aliphatic carbocycles. The first-order chi connectivity index (χ1) is 16.3. The van der Waals surface area contributed by atoms with Crippen molar-refractivity contribution in [1.82, 2.24) is 14.8 Å². The van der Waals surface area contributed by atoms with Crippen LogP contribution >= 0.6 is 0 Å². The Labute approximate surface area is 198 Å². The van der Waals surface area contributed by atoms with Gasteiger partial charge >= 0.3 is 0 Å². The number of fused-ring (bicyclic) bond motifs is 1. The Hall–Kier alpha value is -3.62. The molecule has 1 N–H and O–H groups in total. The Morgan fingerprint density at radius 2 is 1.85 bits per heavy atom. The number of methoxy groups -OCH3 is 2. The van der Waals surface area contributed by atoms with Gasteiger partial charge in [0.1, 0.15) is 17.1 Å². The van der Waals surface area contributed by atoms with E-state index in [9.17, 15) is 19.2 Å². The molecule has 0 spiro atoms. The van der Waals surface area contributed by atoms with Crippen molar-refractivity contribution in [3.05, 3.63) is 57.5 Å². The van der Waals surface area contributed by atoms with Crippen molar-refractivity contribution < 1.29 is 23.9 Å². The summed E-state index contributed by atoms with van der Waals surface area (Å²) in [5.41, 5.74) is 1.27. The van der Waals surface area contributed by atoms with Gasteiger partial charge in [0.05, 0.1) is 14.2 Å². The van der Waals surface area contributed by atoms with Gasteiger partial charge in [-0.25, -0.2) is 0 Å². The summed E-state index contributed by atoms with van der Waals surface area (Å²) < 4.78 is 12.1. The third-order valence-electron chi connectivity index (χ3n) is 6.19. The summed E-state index contributed by atoms with van der Waals surface area (Å²) in [6, 6.07) is 8.63. The van der Waals surface area contributed by atoms with Gasteiger partial charge in [0.15, 0.2) is 0 Å². The first-order valence-corrected chi connectivity index (χ1v) is 11.4. The van der Waals surface area contributed by atoms with E-state index in [1.165, 1.54) is 22.6 Å². The zero-order valence-electron chi connectivity index (χ0n) is 20.1. The van der Waals surface area contributed by atoms with Crippen LogP contribution in [0, 0.1) is 5.92 Å². The van der Waals surface area contributed by atoms with Crippen LogP contribution in [0.15, 0.2) is 35.1 Å². The van der Waals surface area contributed by atoms with Crippen LogP contribution in [-0.4, -0.2) is 54.4 Å². The molecule has 0 radical (unpaired) electrons. The summed E-state index contributed by atoms with van der Waals surface area (Å²) in [5.74, 6) is -0.880. The monoisotopic (exact) mass is 469 g/mol. The van der Waals surface area contributed by atoms with E-state index in [-0.39, 0.29) is 61.3 Å². The summed E-state index contributed by atoms with van der Waals surface area (Å²) in [7, 11) is 2.98. The Bertz CT molecular complexity index is 1140. The number of carbonyl (C=O) groups excluding carboxylic acids is 3. The molecule has 2 heterocycles. The standard InChI is InChI=1S/C25H31N3O6/c1-5-16(2)23(30)25(32)27-10-9-19-22(20(34-4)14-21(29)28(19)12-11-27)24(31)26-15-17-7-6-8-18(13-17)33-3/h6-8,13-14,16H,5,9-12,15H2,1-4H3,(H,26,31)/t16-/m1/s1. The molecule has 1 aliphatic rings. The summed E-state index contributed by atoms with van der Waals surface area (Å²) in [5, 5.41) is 2.88. The lowest BCUT2D eigenvalue weighted by Crippen LogP contribution is -2.40. The summed E-state index contributed by atoms with van der Waals surface area (Å²) in [6.07, 6.45) is 0.820. The van der Waals surface area contributed by atoms with Crippen molar-refractivity contribution >= 4 is 17.6 Å². The van der Waals surface area contributed by atoms with Crippen LogP contribution in [0.1, 0.15) is 41.9 Å². The van der Waals surface area contributed by atoms with Crippen LogP contribution < -0.4 is 20.3 Å². The van der Waals surface area contributed by atoms with E-state index in [0.29, 0.717) is 17.9 Å². The Morgan fingerprint density at radius 1 is 1.09 bits per heavy atom. The van der Waals surface area contributed by atoms with E-state index in [1.807, 2.05) is 31.2 Å². The van der Waals surface area contributed by atoms with Gasteiger partial charge in [0, 0.05) is 50.3 Å². The number of Topliss-reactive ketones (excluding diaryl/α,β-unsaturated/α-hetero) is 1. The predicted octanol–water partition coefficient (Wildman–Crippen LogP) is 1.80. The average molecular weight is 470 g/mol. The summed E-state index contributed by atoms with van der Waals surface area (Å²) in [4.78, 5) is 52.6. The molecule has 1 aliphatic heterocycles. The lowest BCUT2D eigenvalue weighted by Gasteiger charge is -2.20. The minimum Gasteiger partial charge on any atom is -0.497 e. The largest absolute Gasteiger partial charge is 0.497 e. The third kappa shape index (κ3) is 5.30. The van der Waals surface area contributed by atoms with E-state index >= 15 is 0 Å². The normalized spacial score (nSPS) is 13.9. The molecular formula is C25H31N3O6. The molecule has 1 atom stereocenters. The highest BCUT2D eigenvalue weighted by Crippen LogP contribution is 2.23. The maximum absolute atomic E-state index is 13.2. The predicted molar refractivity (Wildman–Crippen MR) is 126 cm³/mol. The molecule has 2 amide bonds. The molecule has 0 saturated heterocycles. The van der Waals surface area contributed by atoms with Gasteiger partial charge in [0.2, 0.25) is 5.78 Å². The van der Waals surface area contributed by atoms with Crippen molar-refractivity contribution in [2.75, 3.05) is 27.3 Å². The smallest absolute Gasteiger partial charge is 0.290 e. The van der Waals surface area contributed by atoms with Crippen LogP contribution in [-0.2, 0) is 29.1 Å². The molecule has 0 fully saturated rings. The molecule has 1 aromatic heterocycles. The first kappa shape index (κ1) is 25.0. The minimum absolute atomic E-state index is 0.176. The number of ketones is 1. The van der Waals surface area contributed by atoms with Crippen LogP contribution in [0.3, 0.4) is 0 Å². The quantitative estimate of drug-likeness (QED) is 0.591. The molecule has 1 aromatic carbocycles. The van der Waals surface area contributed by atoms with Gasteiger partial charge < -0.3 is 24.3 Å². The number of hydrogen-bond donors (Lipinski definition) is 1. The molecule has 3 rings (SSSR count). The zero-order valence-corrected chi connectivity index (χ0v) is 20.1. The summed E-state index contributed by atoms with van der Waals surface area (Å²) in [6.45, 7) is 4.47. The van der Waals surface area contributed by atoms with Crippen molar-refractivity contribution in [2.24, 2.45) is 5.92 Å².